The molecule has 82 valence electrons. The number of quaternary nitrogens is 2. The van der Waals surface area contributed by atoms with E-state index >= 15 is 0 Å². The molecule has 1 aliphatic rings. The van der Waals surface area contributed by atoms with Crippen LogP contribution < -0.4 is 5.73 Å². The minimum Gasteiger partial charge on any atom is -0.387 e. The molecular formula is C10H24N4+2. The van der Waals surface area contributed by atoms with E-state index in [4.69, 9.17) is 11.1 Å². The van der Waals surface area contributed by atoms with E-state index in [1.807, 2.05) is 0 Å². The van der Waals surface area contributed by atoms with Crippen molar-refractivity contribution in [1.29, 1.82) is 5.41 Å². The first kappa shape index (κ1) is 11.5. The highest BCUT2D eigenvalue weighted by atomic mass is 15.4. The van der Waals surface area contributed by atoms with Gasteiger partial charge in [0.2, 0.25) is 0 Å². The Kier molecular flexibility index (Phi) is 3.17. The van der Waals surface area contributed by atoms with Gasteiger partial charge in [-0.3, -0.25) is 5.41 Å². The molecule has 1 heterocycles. The third-order valence-electron chi connectivity index (χ3n) is 3.41. The summed E-state index contributed by atoms with van der Waals surface area (Å²) in [5, 5.41) is 7.24. The number of nitrogens with zero attached hydrogens (tertiary/aromatic N) is 2. The predicted octanol–water partition coefficient (Wildman–Crippen LogP) is -0.151. The van der Waals surface area contributed by atoms with Gasteiger partial charge in [-0.15, -0.1) is 0 Å². The molecule has 1 aliphatic heterocycles. The van der Waals surface area contributed by atoms with Crippen LogP contribution in [0.5, 0.6) is 0 Å². The van der Waals surface area contributed by atoms with Gasteiger partial charge in [0.05, 0.1) is 39.9 Å². The summed E-state index contributed by atoms with van der Waals surface area (Å²) >= 11 is 0. The summed E-state index contributed by atoms with van der Waals surface area (Å²) in [6.07, 6.45) is 0.740. The second-order valence-corrected chi connectivity index (χ2v) is 5.45. The Morgan fingerprint density at radius 3 is 2.07 bits per heavy atom. The molecule has 14 heavy (non-hydrogen) atoms. The number of hydrogen-bond donors (Lipinski definition) is 2. The Balaban J connectivity index is 2.41. The molecule has 1 saturated heterocycles. The molecule has 1 rings (SSSR count). The maximum atomic E-state index is 7.24. The van der Waals surface area contributed by atoms with Gasteiger partial charge in [-0.2, -0.15) is 0 Å². The maximum absolute atomic E-state index is 7.24. The molecule has 0 radical (unpaired) electrons. The molecule has 0 atom stereocenters. The zero-order chi connectivity index (χ0) is 10.8. The Bertz CT molecular complexity index is 212. The summed E-state index contributed by atoms with van der Waals surface area (Å²) in [5.74, 6) is 0.323. The number of nitrogens with two attached hydrogens (primary N) is 1. The Hall–Kier alpha value is -0.610. The third-order valence-corrected chi connectivity index (χ3v) is 3.41. The van der Waals surface area contributed by atoms with Crippen LogP contribution in [0.3, 0.4) is 0 Å². The maximum Gasteiger partial charge on any atom is 0.128 e. The number of likely N-dealkylation sites (N-methyl/N-ethyl adjacent to an activating group) is 2. The molecule has 4 nitrogen and oxygen atoms in total. The SMILES string of the molecule is C[N+]1(C)CC[N+](C)(CCC(=N)N)CC1. The number of piperazine rings is 1. The van der Waals surface area contributed by atoms with Crippen LogP contribution in [0.25, 0.3) is 0 Å². The van der Waals surface area contributed by atoms with Crippen molar-refractivity contribution >= 4 is 5.84 Å². The van der Waals surface area contributed by atoms with Crippen LogP contribution in [0.2, 0.25) is 0 Å². The molecule has 0 saturated carbocycles. The van der Waals surface area contributed by atoms with E-state index in [1.54, 1.807) is 0 Å². The molecule has 0 aliphatic carbocycles. The Morgan fingerprint density at radius 1 is 1.14 bits per heavy atom. The number of nitrogens with one attached hydrogen (secondary N) is 1. The van der Waals surface area contributed by atoms with Crippen LogP contribution in [0, 0.1) is 5.41 Å². The van der Waals surface area contributed by atoms with Crippen LogP contribution in [-0.2, 0) is 0 Å². The Labute approximate surface area is 87.0 Å². The van der Waals surface area contributed by atoms with E-state index in [0.29, 0.717) is 5.84 Å². The van der Waals surface area contributed by atoms with Crippen molar-refractivity contribution in [2.45, 2.75) is 6.42 Å². The molecule has 3 N–H and O–H groups in total. The van der Waals surface area contributed by atoms with Gasteiger partial charge in [-0.25, -0.2) is 0 Å². The molecule has 4 heteroatoms. The first-order chi connectivity index (χ1) is 6.33. The lowest BCUT2D eigenvalue weighted by atomic mass is 10.2. The highest BCUT2D eigenvalue weighted by molar-refractivity contribution is 5.76. The van der Waals surface area contributed by atoms with Gasteiger partial charge in [0.15, 0.2) is 0 Å². The third kappa shape index (κ3) is 3.27. The first-order valence-corrected chi connectivity index (χ1v) is 5.32. The van der Waals surface area contributed by atoms with Crippen molar-refractivity contribution < 1.29 is 8.97 Å². The fraction of sp³-hybridized carbons (Fsp3) is 0.900. The van der Waals surface area contributed by atoms with E-state index in [0.717, 1.165) is 21.9 Å². The van der Waals surface area contributed by atoms with Gasteiger partial charge < -0.3 is 14.7 Å². The highest BCUT2D eigenvalue weighted by Crippen LogP contribution is 2.13. The Morgan fingerprint density at radius 2 is 1.64 bits per heavy atom. The monoisotopic (exact) mass is 200 g/mol. The van der Waals surface area contributed by atoms with Crippen molar-refractivity contribution in [2.24, 2.45) is 5.73 Å². The van der Waals surface area contributed by atoms with Crippen molar-refractivity contribution in [3.05, 3.63) is 0 Å². The second-order valence-electron chi connectivity index (χ2n) is 5.45. The minimum absolute atomic E-state index is 0.323. The van der Waals surface area contributed by atoms with Crippen LogP contribution in [0.1, 0.15) is 6.42 Å². The normalized spacial score (nSPS) is 24.5. The van der Waals surface area contributed by atoms with Gasteiger partial charge in [0.25, 0.3) is 0 Å². The minimum atomic E-state index is 0.323. The fourth-order valence-corrected chi connectivity index (χ4v) is 1.86. The average Bonchev–Trinajstić information content (AvgIpc) is 2.08. The predicted molar refractivity (Wildman–Crippen MR) is 59.2 cm³/mol. The molecule has 0 aromatic heterocycles. The quantitative estimate of drug-likeness (QED) is 0.371. The molecule has 1 fully saturated rings. The lowest BCUT2D eigenvalue weighted by molar-refractivity contribution is -1.01. The van der Waals surface area contributed by atoms with Gasteiger partial charge in [0.1, 0.15) is 26.2 Å². The molecule has 0 bridgehead atoms. The van der Waals surface area contributed by atoms with Gasteiger partial charge >= 0.3 is 0 Å². The highest BCUT2D eigenvalue weighted by Gasteiger charge is 2.33. The molecular weight excluding hydrogens is 176 g/mol. The van der Waals surface area contributed by atoms with Gasteiger partial charge in [-0.05, 0) is 0 Å². The zero-order valence-corrected chi connectivity index (χ0v) is 9.71. The molecule has 0 aromatic carbocycles. The van der Waals surface area contributed by atoms with Crippen LogP contribution in [0.15, 0.2) is 0 Å². The van der Waals surface area contributed by atoms with E-state index in [-0.39, 0.29) is 0 Å². The molecule has 0 spiro atoms. The summed E-state index contributed by atoms with van der Waals surface area (Å²) in [4.78, 5) is 0. The lowest BCUT2D eigenvalue weighted by Gasteiger charge is -2.44. The number of rotatable bonds is 3. The van der Waals surface area contributed by atoms with Crippen LogP contribution in [0.4, 0.5) is 0 Å². The second kappa shape index (κ2) is 3.87. The number of hydrogen-bond acceptors (Lipinski definition) is 1. The van der Waals surface area contributed by atoms with Crippen molar-refractivity contribution in [3.63, 3.8) is 0 Å². The molecule has 0 unspecified atom stereocenters. The van der Waals surface area contributed by atoms with E-state index in [1.165, 1.54) is 26.2 Å². The average molecular weight is 200 g/mol. The smallest absolute Gasteiger partial charge is 0.128 e. The zero-order valence-electron chi connectivity index (χ0n) is 9.71. The summed E-state index contributed by atoms with van der Waals surface area (Å²) in [7, 11) is 6.85. The standard InChI is InChI=1S/C10H24N4/c1-13(2)6-8-14(3,9-7-13)5-4-10(11)12/h4-9H2,1-3H3,(H3,11,12)/q+2. The summed E-state index contributed by atoms with van der Waals surface area (Å²) in [6, 6.07) is 0. The van der Waals surface area contributed by atoms with Crippen molar-refractivity contribution in [3.8, 4) is 0 Å². The van der Waals surface area contributed by atoms with Gasteiger partial charge in [0, 0.05) is 0 Å². The molecule has 0 amide bonds. The first-order valence-electron chi connectivity index (χ1n) is 5.32. The lowest BCUT2D eigenvalue weighted by Crippen LogP contribution is -2.62. The topological polar surface area (TPSA) is 49.9 Å². The largest absolute Gasteiger partial charge is 0.387 e. The summed E-state index contributed by atoms with van der Waals surface area (Å²) < 4.78 is 2.22. The summed E-state index contributed by atoms with van der Waals surface area (Å²) in [5.41, 5.74) is 5.39. The summed E-state index contributed by atoms with van der Waals surface area (Å²) in [6.45, 7) is 5.90. The van der Waals surface area contributed by atoms with E-state index < -0.39 is 0 Å². The molecule has 0 aromatic rings. The van der Waals surface area contributed by atoms with Crippen LogP contribution in [-0.4, -0.2) is 68.7 Å². The van der Waals surface area contributed by atoms with Crippen LogP contribution >= 0.6 is 0 Å². The van der Waals surface area contributed by atoms with Crippen molar-refractivity contribution in [2.75, 3.05) is 53.9 Å². The fourth-order valence-electron chi connectivity index (χ4n) is 1.86. The van der Waals surface area contributed by atoms with Gasteiger partial charge in [-0.1, -0.05) is 0 Å². The number of amidine groups is 1. The van der Waals surface area contributed by atoms with E-state index in [2.05, 4.69) is 21.1 Å². The van der Waals surface area contributed by atoms with Crippen molar-refractivity contribution in [1.82, 2.24) is 0 Å². The van der Waals surface area contributed by atoms with E-state index in [9.17, 15) is 0 Å².